The molecular formula is C19H19F3N4O3S. The Hall–Kier alpha value is -3.05. The molecule has 0 radical (unpaired) electrons. The van der Waals surface area contributed by atoms with Gasteiger partial charge in [0.05, 0.1) is 17.6 Å². The third-order valence-corrected chi connectivity index (χ3v) is 5.44. The molecule has 0 aliphatic carbocycles. The highest BCUT2D eigenvalue weighted by molar-refractivity contribution is 7.89. The number of ether oxygens (including phenoxy) is 1. The first kappa shape index (κ1) is 21.7. The number of nitrogens with zero attached hydrogens (tertiary/aromatic N) is 2. The van der Waals surface area contributed by atoms with Crippen LogP contribution in [0.15, 0.2) is 59.8 Å². The molecule has 0 amide bonds. The molecule has 3 rings (SSSR count). The standard InChI is InChI=1S/C19H19F3N4O3S/c1-26-10-9-24-18(26)17(13-5-3-4-6-15(13)29-2)25-12-7-8-16(30(23,27)28)14(11-12)19(20,21)22/h3-11,17,25H,1-2H3,(H2,23,27,28). The predicted molar refractivity (Wildman–Crippen MR) is 104 cm³/mol. The number of hydrogen-bond donors (Lipinski definition) is 2. The lowest BCUT2D eigenvalue weighted by Gasteiger charge is -2.23. The average Bonchev–Trinajstić information content (AvgIpc) is 3.10. The van der Waals surface area contributed by atoms with Gasteiger partial charge >= 0.3 is 6.18 Å². The molecule has 3 aromatic rings. The number of hydrogen-bond acceptors (Lipinski definition) is 5. The molecule has 160 valence electrons. The lowest BCUT2D eigenvalue weighted by Crippen LogP contribution is -2.21. The molecular weight excluding hydrogens is 421 g/mol. The van der Waals surface area contributed by atoms with Crippen molar-refractivity contribution < 1.29 is 26.3 Å². The van der Waals surface area contributed by atoms with Crippen molar-refractivity contribution in [2.24, 2.45) is 12.2 Å². The van der Waals surface area contributed by atoms with Crippen LogP contribution in [0, 0.1) is 0 Å². The van der Waals surface area contributed by atoms with Gasteiger partial charge in [0.15, 0.2) is 0 Å². The van der Waals surface area contributed by atoms with E-state index >= 15 is 0 Å². The number of imidazole rings is 1. The summed E-state index contributed by atoms with van der Waals surface area (Å²) in [5, 5.41) is 7.96. The van der Waals surface area contributed by atoms with Crippen LogP contribution in [-0.2, 0) is 23.2 Å². The molecule has 0 aliphatic rings. The van der Waals surface area contributed by atoms with Gasteiger partial charge in [-0.05, 0) is 24.3 Å². The second-order valence-electron chi connectivity index (χ2n) is 6.47. The van der Waals surface area contributed by atoms with Crippen LogP contribution in [0.2, 0.25) is 0 Å². The third-order valence-electron chi connectivity index (χ3n) is 4.47. The molecule has 0 aliphatic heterocycles. The molecule has 11 heteroatoms. The minimum Gasteiger partial charge on any atom is -0.496 e. The minimum atomic E-state index is -4.91. The van der Waals surface area contributed by atoms with Crippen molar-refractivity contribution in [3.63, 3.8) is 0 Å². The minimum absolute atomic E-state index is 0.0358. The fraction of sp³-hybridized carbons (Fsp3) is 0.211. The zero-order chi connectivity index (χ0) is 22.1. The van der Waals surface area contributed by atoms with Crippen molar-refractivity contribution >= 4 is 15.7 Å². The van der Waals surface area contributed by atoms with Gasteiger partial charge in [-0.1, -0.05) is 18.2 Å². The summed E-state index contributed by atoms with van der Waals surface area (Å²) in [6.07, 6.45) is -1.65. The number of nitrogens with two attached hydrogens (primary N) is 1. The van der Waals surface area contributed by atoms with E-state index in [9.17, 15) is 21.6 Å². The van der Waals surface area contributed by atoms with Crippen LogP contribution in [-0.4, -0.2) is 25.1 Å². The van der Waals surface area contributed by atoms with E-state index in [4.69, 9.17) is 9.88 Å². The Balaban J connectivity index is 2.13. The second-order valence-corrected chi connectivity index (χ2v) is 8.00. The molecule has 0 saturated heterocycles. The number of alkyl halides is 3. The van der Waals surface area contributed by atoms with Crippen molar-refractivity contribution in [1.29, 1.82) is 0 Å². The first-order valence-corrected chi connectivity index (χ1v) is 10.2. The summed E-state index contributed by atoms with van der Waals surface area (Å²) in [6, 6.07) is 9.10. The fourth-order valence-corrected chi connectivity index (χ4v) is 3.84. The summed E-state index contributed by atoms with van der Waals surface area (Å²) >= 11 is 0. The number of benzene rings is 2. The van der Waals surface area contributed by atoms with E-state index in [-0.39, 0.29) is 5.69 Å². The Morgan fingerprint density at radius 3 is 2.47 bits per heavy atom. The van der Waals surface area contributed by atoms with E-state index in [1.165, 1.54) is 13.2 Å². The van der Waals surface area contributed by atoms with Gasteiger partial charge in [-0.3, -0.25) is 0 Å². The van der Waals surface area contributed by atoms with Crippen LogP contribution >= 0.6 is 0 Å². The maximum absolute atomic E-state index is 13.5. The van der Waals surface area contributed by atoms with Gasteiger partial charge in [0.25, 0.3) is 0 Å². The lowest BCUT2D eigenvalue weighted by atomic mass is 10.0. The van der Waals surface area contributed by atoms with E-state index in [0.717, 1.165) is 6.07 Å². The van der Waals surface area contributed by atoms with E-state index in [1.54, 1.807) is 48.3 Å². The molecule has 3 N–H and O–H groups in total. The maximum atomic E-state index is 13.5. The highest BCUT2D eigenvalue weighted by Crippen LogP contribution is 2.37. The quantitative estimate of drug-likeness (QED) is 0.613. The van der Waals surface area contributed by atoms with Crippen LogP contribution < -0.4 is 15.2 Å². The molecule has 30 heavy (non-hydrogen) atoms. The van der Waals surface area contributed by atoms with Gasteiger partial charge in [0.2, 0.25) is 10.0 Å². The summed E-state index contributed by atoms with van der Waals surface area (Å²) in [7, 11) is -1.33. The molecule has 7 nitrogen and oxygen atoms in total. The van der Waals surface area contributed by atoms with Crippen LogP contribution in [0.4, 0.5) is 18.9 Å². The monoisotopic (exact) mass is 440 g/mol. The Morgan fingerprint density at radius 1 is 1.20 bits per heavy atom. The van der Waals surface area contributed by atoms with Gasteiger partial charge in [0, 0.05) is 30.7 Å². The van der Waals surface area contributed by atoms with Gasteiger partial charge in [-0.15, -0.1) is 0 Å². The van der Waals surface area contributed by atoms with Crippen LogP contribution in [0.5, 0.6) is 5.75 Å². The van der Waals surface area contributed by atoms with Crippen molar-refractivity contribution in [2.75, 3.05) is 12.4 Å². The largest absolute Gasteiger partial charge is 0.496 e. The van der Waals surface area contributed by atoms with E-state index in [1.807, 2.05) is 0 Å². The van der Waals surface area contributed by atoms with Gasteiger partial charge < -0.3 is 14.6 Å². The number of sulfonamides is 1. The van der Waals surface area contributed by atoms with Crippen LogP contribution in [0.25, 0.3) is 0 Å². The summed E-state index contributed by atoms with van der Waals surface area (Å²) in [5.74, 6) is 1.03. The van der Waals surface area contributed by atoms with E-state index in [0.29, 0.717) is 23.2 Å². The van der Waals surface area contributed by atoms with Gasteiger partial charge in [-0.25, -0.2) is 18.5 Å². The second kappa shape index (κ2) is 8.00. The zero-order valence-corrected chi connectivity index (χ0v) is 16.8. The molecule has 1 aromatic heterocycles. The number of anilines is 1. The molecule has 0 bridgehead atoms. The Bertz CT molecular complexity index is 1160. The number of primary sulfonamides is 1. The number of rotatable bonds is 6. The maximum Gasteiger partial charge on any atom is 0.417 e. The molecule has 1 heterocycles. The molecule has 0 fully saturated rings. The topological polar surface area (TPSA) is 99.2 Å². The number of halogens is 3. The van der Waals surface area contributed by atoms with Gasteiger partial charge in [0.1, 0.15) is 17.6 Å². The van der Waals surface area contributed by atoms with Crippen molar-refractivity contribution in [3.8, 4) is 5.75 Å². The van der Waals surface area contributed by atoms with Crippen LogP contribution in [0.3, 0.4) is 0 Å². The van der Waals surface area contributed by atoms with Crippen molar-refractivity contribution in [1.82, 2.24) is 9.55 Å². The molecule has 1 unspecified atom stereocenters. The number of methoxy groups -OCH3 is 1. The first-order valence-electron chi connectivity index (χ1n) is 8.63. The summed E-state index contributed by atoms with van der Waals surface area (Å²) in [6.45, 7) is 0. The Labute approximate surface area is 171 Å². The molecule has 0 spiro atoms. The SMILES string of the molecule is COc1ccccc1C(Nc1ccc(S(N)(=O)=O)c(C(F)(F)F)c1)c1nccn1C. The number of aromatic nitrogens is 2. The summed E-state index contributed by atoms with van der Waals surface area (Å²) < 4.78 is 70.8. The first-order chi connectivity index (χ1) is 14.0. The van der Waals surface area contributed by atoms with Crippen molar-refractivity contribution in [3.05, 3.63) is 71.8 Å². The third kappa shape index (κ3) is 4.41. The summed E-state index contributed by atoms with van der Waals surface area (Å²) in [5.41, 5.74) is -0.680. The Kier molecular flexibility index (Phi) is 5.77. The zero-order valence-electron chi connectivity index (χ0n) is 16.0. The van der Waals surface area contributed by atoms with E-state index < -0.39 is 32.7 Å². The Morgan fingerprint density at radius 2 is 1.90 bits per heavy atom. The highest BCUT2D eigenvalue weighted by Gasteiger charge is 2.37. The number of aryl methyl sites for hydroxylation is 1. The van der Waals surface area contributed by atoms with Crippen LogP contribution in [0.1, 0.15) is 23.0 Å². The molecule has 2 aromatic carbocycles. The molecule has 0 saturated carbocycles. The van der Waals surface area contributed by atoms with Gasteiger partial charge in [-0.2, -0.15) is 13.2 Å². The predicted octanol–water partition coefficient (Wildman–Crippen LogP) is 3.30. The normalized spacial score (nSPS) is 13.1. The number of nitrogens with one attached hydrogen (secondary N) is 1. The summed E-state index contributed by atoms with van der Waals surface area (Å²) in [4.78, 5) is 3.30. The smallest absolute Gasteiger partial charge is 0.417 e. The van der Waals surface area contributed by atoms with E-state index in [2.05, 4.69) is 10.3 Å². The number of para-hydroxylation sites is 1. The average molecular weight is 440 g/mol. The molecule has 1 atom stereocenters. The lowest BCUT2D eigenvalue weighted by molar-refractivity contribution is -0.139. The highest BCUT2D eigenvalue weighted by atomic mass is 32.2. The van der Waals surface area contributed by atoms with Crippen molar-refractivity contribution in [2.45, 2.75) is 17.1 Å². The fourth-order valence-electron chi connectivity index (χ4n) is 3.10.